The first kappa shape index (κ1) is 15.3. The van der Waals surface area contributed by atoms with E-state index < -0.39 is 0 Å². The predicted octanol–water partition coefficient (Wildman–Crippen LogP) is 2.51. The van der Waals surface area contributed by atoms with Crippen molar-refractivity contribution in [2.75, 3.05) is 24.5 Å². The Kier molecular flexibility index (Phi) is 4.04. The first-order valence-corrected chi connectivity index (χ1v) is 8.64. The third-order valence-corrected chi connectivity index (χ3v) is 4.95. The normalized spacial score (nSPS) is 21.0. The zero-order valence-corrected chi connectivity index (χ0v) is 13.5. The molecule has 2 heterocycles. The molecule has 24 heavy (non-hydrogen) atoms. The average Bonchev–Trinajstić information content (AvgIpc) is 3.44. The van der Waals surface area contributed by atoms with Gasteiger partial charge in [-0.25, -0.2) is 14.4 Å². The van der Waals surface area contributed by atoms with Crippen LogP contribution < -0.4 is 10.2 Å². The topological polar surface area (TPSA) is 58.1 Å². The molecule has 1 aliphatic heterocycles. The molecule has 126 valence electrons. The summed E-state index contributed by atoms with van der Waals surface area (Å²) in [6, 6.07) is 4.92. The van der Waals surface area contributed by atoms with Gasteiger partial charge >= 0.3 is 0 Å². The van der Waals surface area contributed by atoms with E-state index in [-0.39, 0.29) is 17.6 Å². The second-order valence-corrected chi connectivity index (χ2v) is 6.81. The lowest BCUT2D eigenvalue weighted by atomic mass is 9.96. The van der Waals surface area contributed by atoms with E-state index in [2.05, 4.69) is 20.2 Å². The molecule has 2 aromatic rings. The van der Waals surface area contributed by atoms with Gasteiger partial charge in [-0.05, 0) is 43.7 Å². The van der Waals surface area contributed by atoms with E-state index in [1.165, 1.54) is 25.2 Å². The average molecular weight is 328 g/mol. The number of benzene rings is 1. The molecule has 0 spiro atoms. The number of hydrogen-bond acceptors (Lipinski definition) is 4. The number of anilines is 1. The Morgan fingerprint density at radius 3 is 3.00 bits per heavy atom. The molecule has 1 aliphatic carbocycles. The number of amides is 1. The number of halogens is 1. The molecule has 1 amide bonds. The largest absolute Gasteiger partial charge is 0.356 e. The van der Waals surface area contributed by atoms with Crippen LogP contribution in [0, 0.1) is 17.7 Å². The second-order valence-electron chi connectivity index (χ2n) is 6.81. The molecule has 6 heteroatoms. The Hall–Kier alpha value is -2.24. The number of piperidine rings is 1. The second kappa shape index (κ2) is 6.34. The highest BCUT2D eigenvalue weighted by atomic mass is 19.1. The van der Waals surface area contributed by atoms with Crippen LogP contribution in [0.25, 0.3) is 10.9 Å². The quantitative estimate of drug-likeness (QED) is 0.937. The summed E-state index contributed by atoms with van der Waals surface area (Å²) in [5.74, 6) is 1.17. The Balaban J connectivity index is 1.53. The van der Waals surface area contributed by atoms with E-state index in [0.717, 1.165) is 31.7 Å². The van der Waals surface area contributed by atoms with Gasteiger partial charge in [0.1, 0.15) is 23.5 Å². The summed E-state index contributed by atoms with van der Waals surface area (Å²) in [6.07, 6.45) is 5.69. The Bertz CT molecular complexity index is 762. The number of nitrogens with zero attached hydrogens (tertiary/aromatic N) is 3. The molecule has 1 saturated carbocycles. The van der Waals surface area contributed by atoms with Crippen molar-refractivity contribution in [2.24, 2.45) is 11.8 Å². The highest BCUT2D eigenvalue weighted by Crippen LogP contribution is 2.30. The van der Waals surface area contributed by atoms with Crippen LogP contribution in [0.5, 0.6) is 0 Å². The van der Waals surface area contributed by atoms with Gasteiger partial charge in [0.05, 0.1) is 5.92 Å². The van der Waals surface area contributed by atoms with Crippen LogP contribution in [-0.4, -0.2) is 35.5 Å². The van der Waals surface area contributed by atoms with Gasteiger partial charge in [0, 0.05) is 25.0 Å². The minimum Gasteiger partial charge on any atom is -0.356 e. The molecule has 2 fully saturated rings. The fourth-order valence-corrected chi connectivity index (χ4v) is 3.38. The van der Waals surface area contributed by atoms with Gasteiger partial charge in [0.2, 0.25) is 5.91 Å². The fraction of sp³-hybridized carbons (Fsp3) is 0.500. The molecule has 0 radical (unpaired) electrons. The van der Waals surface area contributed by atoms with Crippen LogP contribution in [-0.2, 0) is 4.79 Å². The number of carbonyl (C=O) groups excluding carboxylic acids is 1. The summed E-state index contributed by atoms with van der Waals surface area (Å²) in [4.78, 5) is 22.9. The highest BCUT2D eigenvalue weighted by molar-refractivity contribution is 5.90. The maximum Gasteiger partial charge on any atom is 0.224 e. The molecule has 0 bridgehead atoms. The standard InChI is InChI=1S/C18H21FN4O/c19-15-5-1-4-14-16(15)21-11-22-17(14)23-8-2-3-13(10-23)18(24)20-9-12-6-7-12/h1,4-5,11-13H,2-3,6-10H2,(H,20,24). The van der Waals surface area contributed by atoms with Gasteiger partial charge in [-0.3, -0.25) is 4.79 Å². The molecule has 1 aromatic heterocycles. The molecule has 4 rings (SSSR count). The van der Waals surface area contributed by atoms with Gasteiger partial charge < -0.3 is 10.2 Å². The molecular weight excluding hydrogens is 307 g/mol. The van der Waals surface area contributed by atoms with Gasteiger partial charge in [-0.1, -0.05) is 6.07 Å². The van der Waals surface area contributed by atoms with Crippen LogP contribution >= 0.6 is 0 Å². The van der Waals surface area contributed by atoms with Crippen LogP contribution in [0.4, 0.5) is 10.2 Å². The minimum absolute atomic E-state index is 0.0314. The molecule has 5 nitrogen and oxygen atoms in total. The summed E-state index contributed by atoms with van der Waals surface area (Å²) in [5.41, 5.74) is 0.336. The van der Waals surface area contributed by atoms with Crippen molar-refractivity contribution >= 4 is 22.6 Å². The number of rotatable bonds is 4. The van der Waals surface area contributed by atoms with E-state index in [0.29, 0.717) is 23.4 Å². The lowest BCUT2D eigenvalue weighted by Gasteiger charge is -2.33. The zero-order valence-electron chi connectivity index (χ0n) is 13.5. The number of para-hydroxylation sites is 1. The van der Waals surface area contributed by atoms with Crippen molar-refractivity contribution < 1.29 is 9.18 Å². The van der Waals surface area contributed by atoms with Crippen molar-refractivity contribution in [2.45, 2.75) is 25.7 Å². The van der Waals surface area contributed by atoms with E-state index in [9.17, 15) is 9.18 Å². The number of hydrogen-bond donors (Lipinski definition) is 1. The number of fused-ring (bicyclic) bond motifs is 1. The SMILES string of the molecule is O=C(NCC1CC1)C1CCCN(c2ncnc3c(F)cccc23)C1. The van der Waals surface area contributed by atoms with Gasteiger partial charge in [0.15, 0.2) is 0 Å². The first-order valence-electron chi connectivity index (χ1n) is 8.64. The lowest BCUT2D eigenvalue weighted by molar-refractivity contribution is -0.125. The maximum absolute atomic E-state index is 13.9. The van der Waals surface area contributed by atoms with Crippen molar-refractivity contribution in [3.8, 4) is 0 Å². The molecule has 1 N–H and O–H groups in total. The van der Waals surface area contributed by atoms with Crippen LogP contribution in [0.1, 0.15) is 25.7 Å². The fourth-order valence-electron chi connectivity index (χ4n) is 3.38. The molecule has 1 aromatic carbocycles. The third kappa shape index (κ3) is 3.05. The Morgan fingerprint density at radius 2 is 2.17 bits per heavy atom. The Morgan fingerprint density at radius 1 is 1.29 bits per heavy atom. The number of nitrogens with one attached hydrogen (secondary N) is 1. The van der Waals surface area contributed by atoms with E-state index in [4.69, 9.17) is 0 Å². The van der Waals surface area contributed by atoms with E-state index >= 15 is 0 Å². The van der Waals surface area contributed by atoms with Gasteiger partial charge in [-0.2, -0.15) is 0 Å². The summed E-state index contributed by atoms with van der Waals surface area (Å²) >= 11 is 0. The van der Waals surface area contributed by atoms with Gasteiger partial charge in [0.25, 0.3) is 0 Å². The number of carbonyl (C=O) groups is 1. The maximum atomic E-state index is 13.9. The molecule has 1 atom stereocenters. The third-order valence-electron chi connectivity index (χ3n) is 4.95. The smallest absolute Gasteiger partial charge is 0.224 e. The molecular formula is C18H21FN4O. The van der Waals surface area contributed by atoms with Crippen molar-refractivity contribution in [3.05, 3.63) is 30.3 Å². The summed E-state index contributed by atoms with van der Waals surface area (Å²) in [6.45, 7) is 2.26. The summed E-state index contributed by atoms with van der Waals surface area (Å²) < 4.78 is 13.9. The molecule has 1 unspecified atom stereocenters. The monoisotopic (exact) mass is 328 g/mol. The van der Waals surface area contributed by atoms with Crippen molar-refractivity contribution in [3.63, 3.8) is 0 Å². The molecule has 1 saturated heterocycles. The predicted molar refractivity (Wildman–Crippen MR) is 90.2 cm³/mol. The minimum atomic E-state index is -0.341. The van der Waals surface area contributed by atoms with E-state index in [1.807, 2.05) is 6.07 Å². The van der Waals surface area contributed by atoms with Crippen LogP contribution in [0.3, 0.4) is 0 Å². The summed E-state index contributed by atoms with van der Waals surface area (Å²) in [7, 11) is 0. The molecule has 2 aliphatic rings. The zero-order chi connectivity index (χ0) is 16.5. The number of aromatic nitrogens is 2. The van der Waals surface area contributed by atoms with E-state index in [1.54, 1.807) is 6.07 Å². The first-order chi connectivity index (χ1) is 11.7. The van der Waals surface area contributed by atoms with Crippen LogP contribution in [0.2, 0.25) is 0 Å². The van der Waals surface area contributed by atoms with Crippen LogP contribution in [0.15, 0.2) is 24.5 Å². The lowest BCUT2D eigenvalue weighted by Crippen LogP contribution is -2.43. The van der Waals surface area contributed by atoms with Gasteiger partial charge in [-0.15, -0.1) is 0 Å². The highest BCUT2D eigenvalue weighted by Gasteiger charge is 2.29. The van der Waals surface area contributed by atoms with Crippen molar-refractivity contribution in [1.82, 2.24) is 15.3 Å². The summed E-state index contributed by atoms with van der Waals surface area (Å²) in [5, 5.41) is 3.78. The Labute approximate surface area is 140 Å². The van der Waals surface area contributed by atoms with Crippen molar-refractivity contribution in [1.29, 1.82) is 0 Å².